The van der Waals surface area contributed by atoms with Crippen LogP contribution in [0.15, 0.2) is 67.6 Å². The van der Waals surface area contributed by atoms with Gasteiger partial charge in [-0.25, -0.2) is 19.7 Å². The molecule has 212 valence electrons. The standard InChI is InChI=1S/C28H26F3N7O3/c1-3-16(14-37-15-20(4-2)41-27(37)40)25-36-22(23-24(32)34-11-12-38(23)25)17-5-7-18(8-6-17)26(39)35-21-13-19(9-10-33-21)28(29,30)31/h4-13,16,20H,2-3,14-15H2,1H3,(H2,32,34)(H,33,35,39). The molecule has 0 saturated carbocycles. The zero-order valence-electron chi connectivity index (χ0n) is 21.9. The molecule has 3 N–H and O–H groups in total. The van der Waals surface area contributed by atoms with Gasteiger partial charge in [0.2, 0.25) is 0 Å². The summed E-state index contributed by atoms with van der Waals surface area (Å²) in [6.45, 7) is 6.47. The van der Waals surface area contributed by atoms with E-state index in [1.165, 1.54) is 12.1 Å². The highest BCUT2D eigenvalue weighted by Gasteiger charge is 2.33. The fourth-order valence-corrected chi connectivity index (χ4v) is 4.68. The first kappa shape index (κ1) is 27.6. The number of aromatic nitrogens is 4. The maximum atomic E-state index is 13.0. The number of halogens is 3. The Labute approximate surface area is 232 Å². The number of nitrogens with zero attached hydrogens (tertiary/aromatic N) is 5. The summed E-state index contributed by atoms with van der Waals surface area (Å²) in [7, 11) is 0. The third-order valence-electron chi connectivity index (χ3n) is 6.83. The number of carbonyl (C=O) groups is 2. The normalized spacial score (nSPS) is 16.0. The number of hydrogen-bond donors (Lipinski definition) is 2. The monoisotopic (exact) mass is 565 g/mol. The molecule has 0 aliphatic carbocycles. The quantitative estimate of drug-likeness (QED) is 0.283. The molecule has 1 saturated heterocycles. The van der Waals surface area contributed by atoms with Gasteiger partial charge >= 0.3 is 12.3 Å². The minimum absolute atomic E-state index is 0.154. The number of amides is 2. The van der Waals surface area contributed by atoms with Crippen molar-refractivity contribution in [1.29, 1.82) is 0 Å². The molecule has 13 heteroatoms. The zero-order chi connectivity index (χ0) is 29.3. The van der Waals surface area contributed by atoms with E-state index in [4.69, 9.17) is 15.5 Å². The number of fused-ring (bicyclic) bond motifs is 1. The van der Waals surface area contributed by atoms with Crippen LogP contribution in [0.2, 0.25) is 0 Å². The average Bonchev–Trinajstić information content (AvgIpc) is 3.52. The number of benzene rings is 1. The van der Waals surface area contributed by atoms with Gasteiger partial charge in [0.05, 0.1) is 12.1 Å². The summed E-state index contributed by atoms with van der Waals surface area (Å²) in [5.74, 6) is -0.0652. The second kappa shape index (κ2) is 10.9. The first-order valence-corrected chi connectivity index (χ1v) is 12.7. The Balaban J connectivity index is 1.42. The molecule has 0 radical (unpaired) electrons. The lowest BCUT2D eigenvalue weighted by Crippen LogP contribution is -2.30. The van der Waals surface area contributed by atoms with E-state index >= 15 is 0 Å². The molecular weight excluding hydrogens is 539 g/mol. The third-order valence-corrected chi connectivity index (χ3v) is 6.83. The first-order chi connectivity index (χ1) is 19.6. The molecule has 4 heterocycles. The van der Waals surface area contributed by atoms with Crippen LogP contribution in [0.4, 0.5) is 29.6 Å². The van der Waals surface area contributed by atoms with Crippen molar-refractivity contribution in [2.45, 2.75) is 31.5 Å². The number of carbonyl (C=O) groups excluding carboxylic acids is 2. The van der Waals surface area contributed by atoms with Crippen molar-refractivity contribution in [3.63, 3.8) is 0 Å². The van der Waals surface area contributed by atoms with E-state index in [2.05, 4.69) is 21.9 Å². The SMILES string of the molecule is C=CC1CN(CC(CC)c2nc(-c3ccc(C(=O)Nc4cc(C(F)(F)F)ccn4)cc3)c3c(N)nccn23)C(=O)O1. The third kappa shape index (κ3) is 5.55. The molecule has 10 nitrogen and oxygen atoms in total. The number of pyridine rings is 1. The van der Waals surface area contributed by atoms with Crippen LogP contribution in [-0.2, 0) is 10.9 Å². The van der Waals surface area contributed by atoms with Crippen molar-refractivity contribution >= 4 is 29.2 Å². The molecule has 41 heavy (non-hydrogen) atoms. The molecule has 2 atom stereocenters. The number of rotatable bonds is 8. The molecule has 2 unspecified atom stereocenters. The molecule has 2 amide bonds. The van der Waals surface area contributed by atoms with Gasteiger partial charge in [0.15, 0.2) is 0 Å². The molecular formula is C28H26F3N7O3. The van der Waals surface area contributed by atoms with Gasteiger partial charge in [0, 0.05) is 42.2 Å². The molecule has 0 bridgehead atoms. The largest absolute Gasteiger partial charge is 0.440 e. The lowest BCUT2D eigenvalue weighted by atomic mass is 10.1. The van der Waals surface area contributed by atoms with E-state index in [9.17, 15) is 22.8 Å². The zero-order valence-corrected chi connectivity index (χ0v) is 21.9. The van der Waals surface area contributed by atoms with Crippen molar-refractivity contribution < 1.29 is 27.5 Å². The number of nitrogens with two attached hydrogens (primary N) is 1. The second-order valence-corrected chi connectivity index (χ2v) is 9.48. The van der Waals surface area contributed by atoms with Crippen LogP contribution in [0.5, 0.6) is 0 Å². The molecule has 1 aromatic carbocycles. The van der Waals surface area contributed by atoms with Crippen molar-refractivity contribution in [2.75, 3.05) is 24.1 Å². The van der Waals surface area contributed by atoms with Crippen LogP contribution in [0.25, 0.3) is 16.8 Å². The summed E-state index contributed by atoms with van der Waals surface area (Å²) >= 11 is 0. The van der Waals surface area contributed by atoms with Crippen LogP contribution in [-0.4, -0.2) is 55.4 Å². The Hall–Kier alpha value is -4.94. The van der Waals surface area contributed by atoms with Crippen LogP contribution >= 0.6 is 0 Å². The summed E-state index contributed by atoms with van der Waals surface area (Å²) in [6, 6.07) is 7.99. The fraction of sp³-hybridized carbons (Fsp3) is 0.250. The number of hydrogen-bond acceptors (Lipinski definition) is 7. The topological polar surface area (TPSA) is 128 Å². The van der Waals surface area contributed by atoms with E-state index in [-0.39, 0.29) is 29.2 Å². The second-order valence-electron chi connectivity index (χ2n) is 9.48. The van der Waals surface area contributed by atoms with E-state index in [1.54, 1.807) is 35.5 Å². The first-order valence-electron chi connectivity index (χ1n) is 12.7. The van der Waals surface area contributed by atoms with E-state index < -0.39 is 23.7 Å². The van der Waals surface area contributed by atoms with E-state index in [0.29, 0.717) is 42.1 Å². The van der Waals surface area contributed by atoms with Gasteiger partial charge in [0.25, 0.3) is 5.91 Å². The number of cyclic esters (lactones) is 1. The van der Waals surface area contributed by atoms with Gasteiger partial charge in [0.1, 0.15) is 34.8 Å². The Bertz CT molecular complexity index is 1620. The van der Waals surface area contributed by atoms with E-state index in [0.717, 1.165) is 18.3 Å². The van der Waals surface area contributed by atoms with Crippen molar-refractivity contribution in [2.24, 2.45) is 0 Å². The summed E-state index contributed by atoms with van der Waals surface area (Å²) in [5, 5.41) is 2.39. The van der Waals surface area contributed by atoms with Gasteiger partial charge in [-0.2, -0.15) is 13.2 Å². The van der Waals surface area contributed by atoms with Gasteiger partial charge in [-0.05, 0) is 36.8 Å². The maximum Gasteiger partial charge on any atom is 0.416 e. The smallest absolute Gasteiger partial charge is 0.416 e. The lowest BCUT2D eigenvalue weighted by molar-refractivity contribution is -0.137. The molecule has 1 aliphatic heterocycles. The predicted octanol–water partition coefficient (Wildman–Crippen LogP) is 5.15. The summed E-state index contributed by atoms with van der Waals surface area (Å²) < 4.78 is 46.2. The molecule has 4 aromatic rings. The summed E-state index contributed by atoms with van der Waals surface area (Å²) in [6.07, 6.45) is 1.22. The Kier molecular flexibility index (Phi) is 7.35. The Morgan fingerprint density at radius 1 is 1.24 bits per heavy atom. The van der Waals surface area contributed by atoms with Crippen LogP contribution in [0.1, 0.15) is 41.0 Å². The summed E-state index contributed by atoms with van der Waals surface area (Å²) in [5.41, 5.74) is 7.29. The van der Waals surface area contributed by atoms with Crippen molar-refractivity contribution in [3.05, 3.63) is 84.6 Å². The maximum absolute atomic E-state index is 13.0. The van der Waals surface area contributed by atoms with Crippen molar-refractivity contribution in [1.82, 2.24) is 24.3 Å². The van der Waals surface area contributed by atoms with E-state index in [1.807, 2.05) is 11.3 Å². The van der Waals surface area contributed by atoms with Gasteiger partial charge in [-0.1, -0.05) is 25.6 Å². The van der Waals surface area contributed by atoms with Gasteiger partial charge < -0.3 is 20.7 Å². The number of ether oxygens (including phenoxy) is 1. The predicted molar refractivity (Wildman–Crippen MR) is 145 cm³/mol. The van der Waals surface area contributed by atoms with Crippen LogP contribution in [0.3, 0.4) is 0 Å². The average molecular weight is 566 g/mol. The van der Waals surface area contributed by atoms with Crippen molar-refractivity contribution in [3.8, 4) is 11.3 Å². The molecule has 1 aliphatic rings. The highest BCUT2D eigenvalue weighted by atomic mass is 19.4. The highest BCUT2D eigenvalue weighted by molar-refractivity contribution is 6.04. The van der Waals surface area contributed by atoms with Gasteiger partial charge in [-0.3, -0.25) is 9.20 Å². The fourth-order valence-electron chi connectivity index (χ4n) is 4.68. The molecule has 5 rings (SSSR count). The Morgan fingerprint density at radius 2 is 2.00 bits per heavy atom. The number of nitrogen functional groups attached to an aromatic ring is 1. The highest BCUT2D eigenvalue weighted by Crippen LogP contribution is 2.33. The number of imidazole rings is 1. The number of anilines is 2. The minimum Gasteiger partial charge on any atom is -0.440 e. The molecule has 3 aromatic heterocycles. The minimum atomic E-state index is -4.56. The van der Waals surface area contributed by atoms with Crippen LogP contribution in [0, 0.1) is 0 Å². The lowest BCUT2D eigenvalue weighted by Gasteiger charge is -2.20. The molecule has 1 fully saturated rings. The summed E-state index contributed by atoms with van der Waals surface area (Å²) in [4.78, 5) is 39.6. The van der Waals surface area contributed by atoms with Crippen LogP contribution < -0.4 is 11.1 Å². The van der Waals surface area contributed by atoms with Gasteiger partial charge in [-0.15, -0.1) is 0 Å². The number of nitrogens with one attached hydrogen (secondary N) is 1. The Morgan fingerprint density at radius 3 is 2.66 bits per heavy atom. The molecule has 0 spiro atoms. The number of alkyl halides is 3.